The molecule has 3 aromatic carbocycles. The van der Waals surface area contributed by atoms with E-state index < -0.39 is 72.1 Å². The summed E-state index contributed by atoms with van der Waals surface area (Å²) in [6, 6.07) is 22.7. The fourth-order valence-electron chi connectivity index (χ4n) is 7.64. The highest BCUT2D eigenvalue weighted by Gasteiger charge is 2.45. The van der Waals surface area contributed by atoms with Crippen LogP contribution in [0.25, 0.3) is 0 Å². The van der Waals surface area contributed by atoms with Gasteiger partial charge in [0.25, 0.3) is 5.91 Å². The van der Waals surface area contributed by atoms with Crippen LogP contribution in [0.5, 0.6) is 0 Å². The highest BCUT2D eigenvalue weighted by molar-refractivity contribution is 6.38. The number of ketones is 1. The molecule has 2 fully saturated rings. The molecular weight excluding hydrogens is 741 g/mol. The number of hydrogen-bond acceptors (Lipinski definition) is 8. The Labute approximate surface area is 339 Å². The first-order valence-electron chi connectivity index (χ1n) is 20.1. The molecule has 5 rings (SSSR count). The molecule has 2 unspecified atom stereocenters. The Morgan fingerprint density at radius 2 is 1.40 bits per heavy atom. The number of likely N-dealkylation sites (tertiary alicyclic amines) is 1. The number of nitrogens with one attached hydrogen (secondary N) is 4. The fourth-order valence-corrected chi connectivity index (χ4v) is 7.64. The molecule has 2 aliphatic rings. The largest absolute Gasteiger partial charge is 0.372 e. The molecule has 6 amide bonds. The third kappa shape index (κ3) is 12.3. The Morgan fingerprint density at radius 3 is 2.02 bits per heavy atom. The summed E-state index contributed by atoms with van der Waals surface area (Å²) < 4.78 is 6.24. The first-order valence-corrected chi connectivity index (χ1v) is 20.1. The maximum absolute atomic E-state index is 14.7. The molecule has 0 spiro atoms. The van der Waals surface area contributed by atoms with E-state index in [-0.39, 0.29) is 44.2 Å². The minimum absolute atomic E-state index is 0.0821. The summed E-state index contributed by atoms with van der Waals surface area (Å²) in [5.74, 6) is -5.10. The number of hydrogen-bond donors (Lipinski definition) is 5. The zero-order chi connectivity index (χ0) is 41.4. The van der Waals surface area contributed by atoms with Crippen LogP contribution < -0.4 is 27.0 Å². The zero-order valence-corrected chi connectivity index (χ0v) is 32.9. The Hall–Kier alpha value is -5.89. The van der Waals surface area contributed by atoms with Crippen LogP contribution in [0.2, 0.25) is 0 Å². The smallest absolute Gasteiger partial charge is 0.290 e. The van der Waals surface area contributed by atoms with Crippen LogP contribution in [0.4, 0.5) is 0 Å². The number of benzene rings is 3. The molecular formula is C44H54N6O8. The molecule has 14 heteroatoms. The summed E-state index contributed by atoms with van der Waals surface area (Å²) in [7, 11) is 0. The van der Waals surface area contributed by atoms with Gasteiger partial charge in [0, 0.05) is 13.0 Å². The second-order valence-corrected chi connectivity index (χ2v) is 15.0. The Balaban J connectivity index is 1.29. The molecule has 0 bridgehead atoms. The monoisotopic (exact) mass is 794 g/mol. The Kier molecular flexibility index (Phi) is 16.1. The van der Waals surface area contributed by atoms with E-state index in [4.69, 9.17) is 10.5 Å². The number of Topliss-reactive ketones (excluding diaryl/α,β-unsaturated/α-hetero) is 1. The van der Waals surface area contributed by atoms with Crippen molar-refractivity contribution in [1.29, 1.82) is 0 Å². The van der Waals surface area contributed by atoms with E-state index in [0.717, 1.165) is 43.2 Å². The van der Waals surface area contributed by atoms with E-state index in [2.05, 4.69) is 21.3 Å². The van der Waals surface area contributed by atoms with Gasteiger partial charge in [0.1, 0.15) is 18.1 Å². The molecule has 6 N–H and O–H groups in total. The lowest BCUT2D eigenvalue weighted by Gasteiger charge is -2.35. The molecule has 0 radical (unpaired) electrons. The van der Waals surface area contributed by atoms with E-state index >= 15 is 0 Å². The lowest BCUT2D eigenvalue weighted by atomic mass is 9.83. The minimum Gasteiger partial charge on any atom is -0.372 e. The van der Waals surface area contributed by atoms with Gasteiger partial charge in [-0.15, -0.1) is 0 Å². The van der Waals surface area contributed by atoms with Crippen molar-refractivity contribution in [3.8, 4) is 0 Å². The summed E-state index contributed by atoms with van der Waals surface area (Å²) in [5.41, 5.74) is 7.66. The molecule has 14 nitrogen and oxygen atoms in total. The Morgan fingerprint density at radius 1 is 0.776 bits per heavy atom. The van der Waals surface area contributed by atoms with Gasteiger partial charge >= 0.3 is 0 Å². The number of carbonyl (C=O) groups excluding carboxylic acids is 7. The first-order chi connectivity index (χ1) is 28.0. The summed E-state index contributed by atoms with van der Waals surface area (Å²) in [4.78, 5) is 95.1. The third-order valence-corrected chi connectivity index (χ3v) is 10.7. The van der Waals surface area contributed by atoms with Gasteiger partial charge in [-0.1, -0.05) is 124 Å². The quantitative estimate of drug-likeness (QED) is 0.114. The summed E-state index contributed by atoms with van der Waals surface area (Å²) in [5, 5.41) is 10.5. The van der Waals surface area contributed by atoms with E-state index in [1.54, 1.807) is 37.3 Å². The molecule has 5 atom stereocenters. The van der Waals surface area contributed by atoms with Crippen molar-refractivity contribution in [2.75, 3.05) is 13.1 Å². The standard InChI is InChI=1S/C44H54N6O8/c1-2-15-34(40(53)43(56)46-26-37(52)49-38(41(45)54)31-20-11-5-12-21-31)47-42(55)35-25-33(58-28-30-18-9-4-10-19-30)27-50(35)44(57)39(32-22-13-6-14-23-32)48-36(51)24-29-16-7-3-8-17-29/h3-5,7-12,16-21,32-35,38-39H,2,6,13-15,22-28H2,1H3,(H2,45,54)(H,46,56)(H,47,55)(H,48,51)(H,49,52)/t33-,34?,35+,38-,39?/m1/s1. The molecule has 58 heavy (non-hydrogen) atoms. The third-order valence-electron chi connectivity index (χ3n) is 10.7. The molecule has 0 aromatic heterocycles. The maximum atomic E-state index is 14.7. The van der Waals surface area contributed by atoms with Crippen LogP contribution in [0, 0.1) is 5.92 Å². The summed E-state index contributed by atoms with van der Waals surface area (Å²) in [6.45, 7) is 1.49. The van der Waals surface area contributed by atoms with Crippen LogP contribution in [0.1, 0.15) is 81.0 Å². The lowest BCUT2D eigenvalue weighted by Crippen LogP contribution is -2.58. The number of nitrogens with zero attached hydrogens (tertiary/aromatic N) is 1. The van der Waals surface area contributed by atoms with E-state index in [1.807, 2.05) is 60.7 Å². The van der Waals surface area contributed by atoms with Gasteiger partial charge in [-0.05, 0) is 41.9 Å². The zero-order valence-electron chi connectivity index (χ0n) is 32.9. The normalized spacial score (nSPS) is 18.3. The number of ether oxygens (including phenoxy) is 1. The van der Waals surface area contributed by atoms with Crippen molar-refractivity contribution < 1.29 is 38.3 Å². The predicted molar refractivity (Wildman–Crippen MR) is 215 cm³/mol. The van der Waals surface area contributed by atoms with E-state index in [1.165, 1.54) is 4.90 Å². The van der Waals surface area contributed by atoms with E-state index in [0.29, 0.717) is 12.0 Å². The SMILES string of the molecule is CCCC(NC(=O)[C@@H]1C[C@@H](OCc2ccccc2)CN1C(=O)C(NC(=O)Cc1ccccc1)C1CCCCC1)C(=O)C(=O)NCC(=O)N[C@@H](C(N)=O)c1ccccc1. The molecule has 308 valence electrons. The van der Waals surface area contributed by atoms with Gasteiger partial charge in [0.2, 0.25) is 35.3 Å². The number of primary amides is 1. The van der Waals surface area contributed by atoms with Crippen LogP contribution in [-0.2, 0) is 51.3 Å². The van der Waals surface area contributed by atoms with Crippen molar-refractivity contribution in [1.82, 2.24) is 26.2 Å². The van der Waals surface area contributed by atoms with Crippen LogP contribution in [0.3, 0.4) is 0 Å². The van der Waals surface area contributed by atoms with E-state index in [9.17, 15) is 33.6 Å². The average Bonchev–Trinajstić information content (AvgIpc) is 3.68. The van der Waals surface area contributed by atoms with Gasteiger partial charge in [-0.25, -0.2) is 0 Å². The highest BCUT2D eigenvalue weighted by atomic mass is 16.5. The average molecular weight is 795 g/mol. The van der Waals surface area contributed by atoms with Gasteiger partial charge in [0.05, 0.1) is 31.7 Å². The first kappa shape index (κ1) is 43.2. The number of carbonyl (C=O) groups is 7. The van der Waals surface area contributed by atoms with Crippen LogP contribution in [-0.4, -0.2) is 83.4 Å². The molecule has 1 heterocycles. The molecule has 1 saturated carbocycles. The molecule has 1 aliphatic carbocycles. The van der Waals surface area contributed by atoms with Crippen molar-refractivity contribution >= 4 is 41.2 Å². The fraction of sp³-hybridized carbons (Fsp3) is 0.432. The lowest BCUT2D eigenvalue weighted by molar-refractivity contribution is -0.144. The van der Waals surface area contributed by atoms with Crippen molar-refractivity contribution in [2.24, 2.45) is 11.7 Å². The number of rotatable bonds is 19. The van der Waals surface area contributed by atoms with Gasteiger partial charge in [-0.3, -0.25) is 33.6 Å². The topological polar surface area (TPSA) is 206 Å². The van der Waals surface area contributed by atoms with Crippen molar-refractivity contribution in [3.05, 3.63) is 108 Å². The maximum Gasteiger partial charge on any atom is 0.290 e. The summed E-state index contributed by atoms with van der Waals surface area (Å²) >= 11 is 0. The minimum atomic E-state index is -1.26. The highest BCUT2D eigenvalue weighted by Crippen LogP contribution is 2.30. The van der Waals surface area contributed by atoms with Crippen molar-refractivity contribution in [3.63, 3.8) is 0 Å². The number of nitrogens with two attached hydrogens (primary N) is 1. The molecule has 3 aromatic rings. The predicted octanol–water partition coefficient (Wildman–Crippen LogP) is 2.79. The van der Waals surface area contributed by atoms with Gasteiger partial charge in [-0.2, -0.15) is 0 Å². The second-order valence-electron chi connectivity index (χ2n) is 15.0. The van der Waals surface area contributed by atoms with Crippen LogP contribution in [0.15, 0.2) is 91.0 Å². The molecule has 1 aliphatic heterocycles. The Bertz CT molecular complexity index is 1870. The second kappa shape index (κ2) is 21.6. The molecule has 1 saturated heterocycles. The van der Waals surface area contributed by atoms with Crippen molar-refractivity contribution in [2.45, 2.75) is 102 Å². The van der Waals surface area contributed by atoms with Crippen LogP contribution >= 0.6 is 0 Å². The van der Waals surface area contributed by atoms with Gasteiger partial charge in [0.15, 0.2) is 0 Å². The summed E-state index contributed by atoms with van der Waals surface area (Å²) in [6.07, 6.45) is 4.58. The number of amides is 6. The van der Waals surface area contributed by atoms with Gasteiger partial charge < -0.3 is 36.6 Å².